The molecule has 0 saturated carbocycles. The summed E-state index contributed by atoms with van der Waals surface area (Å²) in [5.74, 6) is 0. The summed E-state index contributed by atoms with van der Waals surface area (Å²) >= 11 is 0. The fraction of sp³-hybridized carbons (Fsp3) is 0.667. The maximum Gasteiger partial charge on any atom is 0.0535 e. The Kier molecular flexibility index (Phi) is 6.07. The van der Waals surface area contributed by atoms with Crippen LogP contribution in [0.2, 0.25) is 0 Å². The first-order chi connectivity index (χ1) is 10.1. The van der Waals surface area contributed by atoms with E-state index < -0.39 is 0 Å². The summed E-state index contributed by atoms with van der Waals surface area (Å²) in [6, 6.07) is 8.94. The van der Waals surface area contributed by atoms with Crippen LogP contribution in [0, 0.1) is 0 Å². The third-order valence-corrected chi connectivity index (χ3v) is 4.26. The van der Waals surface area contributed by atoms with Crippen LogP contribution < -0.4 is 16.2 Å². The predicted molar refractivity (Wildman–Crippen MR) is 91.5 cm³/mol. The minimum absolute atomic E-state index is 0.128. The number of nitrogens with one attached hydrogen (secondary N) is 1. The molecule has 0 spiro atoms. The third-order valence-electron chi connectivity index (χ3n) is 4.26. The third kappa shape index (κ3) is 5.33. The summed E-state index contributed by atoms with van der Waals surface area (Å²) in [6.45, 7) is 6.06. The van der Waals surface area contributed by atoms with Crippen molar-refractivity contribution in [2.24, 2.45) is 5.73 Å². The first-order valence-corrected chi connectivity index (χ1v) is 8.49. The van der Waals surface area contributed by atoms with Gasteiger partial charge in [0.1, 0.15) is 0 Å². The lowest BCUT2D eigenvalue weighted by Gasteiger charge is -2.20. The Labute approximate surface area is 129 Å². The molecule has 118 valence electrons. The molecule has 0 aliphatic carbocycles. The zero-order chi connectivity index (χ0) is 15.1. The van der Waals surface area contributed by atoms with E-state index in [4.69, 9.17) is 5.73 Å². The van der Waals surface area contributed by atoms with E-state index in [1.807, 2.05) is 0 Å². The van der Waals surface area contributed by atoms with Gasteiger partial charge in [-0.15, -0.1) is 0 Å². The molecule has 1 aliphatic rings. The van der Waals surface area contributed by atoms with E-state index in [1.54, 1.807) is 0 Å². The van der Waals surface area contributed by atoms with Gasteiger partial charge in [0, 0.05) is 12.1 Å². The van der Waals surface area contributed by atoms with Crippen molar-refractivity contribution in [1.29, 1.82) is 0 Å². The molecule has 21 heavy (non-hydrogen) atoms. The standard InChI is InChI=1S/C18H31N3/c1-3-4-5-6-7-8-9-16-10-12-17(13-11-16)21-15-18(2,19)14-20-21/h10-13,20H,3-9,14-15,19H2,1-2H3. The molecule has 0 amide bonds. The first kappa shape index (κ1) is 16.3. The molecular weight excluding hydrogens is 258 g/mol. The van der Waals surface area contributed by atoms with E-state index >= 15 is 0 Å². The predicted octanol–water partition coefficient (Wildman–Crippen LogP) is 3.63. The highest BCUT2D eigenvalue weighted by Gasteiger charge is 2.29. The second kappa shape index (κ2) is 7.81. The highest BCUT2D eigenvalue weighted by molar-refractivity contribution is 5.48. The van der Waals surface area contributed by atoms with Crippen molar-refractivity contribution in [2.75, 3.05) is 18.1 Å². The van der Waals surface area contributed by atoms with E-state index in [0.717, 1.165) is 13.1 Å². The molecule has 1 aliphatic heterocycles. The molecule has 1 aromatic rings. The van der Waals surface area contributed by atoms with Gasteiger partial charge in [-0.2, -0.15) is 0 Å². The van der Waals surface area contributed by atoms with Crippen LogP contribution in [0.5, 0.6) is 0 Å². The van der Waals surface area contributed by atoms with Crippen LogP contribution in [0.15, 0.2) is 24.3 Å². The van der Waals surface area contributed by atoms with Gasteiger partial charge in [0.25, 0.3) is 0 Å². The van der Waals surface area contributed by atoms with Crippen molar-refractivity contribution in [2.45, 2.75) is 64.3 Å². The Morgan fingerprint density at radius 1 is 1.10 bits per heavy atom. The van der Waals surface area contributed by atoms with Crippen molar-refractivity contribution in [3.05, 3.63) is 29.8 Å². The minimum atomic E-state index is -0.128. The number of unbranched alkanes of at least 4 members (excludes halogenated alkanes) is 5. The van der Waals surface area contributed by atoms with Gasteiger partial charge in [-0.25, -0.2) is 5.43 Å². The molecule has 3 N–H and O–H groups in total. The molecule has 1 fully saturated rings. The second-order valence-electron chi connectivity index (χ2n) is 6.76. The van der Waals surface area contributed by atoms with Crippen LogP contribution in [0.3, 0.4) is 0 Å². The fourth-order valence-electron chi connectivity index (χ4n) is 2.88. The molecule has 0 radical (unpaired) electrons. The molecule has 1 aromatic carbocycles. The summed E-state index contributed by atoms with van der Waals surface area (Å²) in [7, 11) is 0. The zero-order valence-corrected chi connectivity index (χ0v) is 13.7. The van der Waals surface area contributed by atoms with Gasteiger partial charge < -0.3 is 10.7 Å². The average molecular weight is 289 g/mol. The number of nitrogens with zero attached hydrogens (tertiary/aromatic N) is 1. The number of nitrogens with two attached hydrogens (primary N) is 1. The first-order valence-electron chi connectivity index (χ1n) is 8.49. The molecular formula is C18H31N3. The second-order valence-corrected chi connectivity index (χ2v) is 6.76. The van der Waals surface area contributed by atoms with Crippen LogP contribution in [0.1, 0.15) is 57.9 Å². The average Bonchev–Trinajstić information content (AvgIpc) is 2.84. The summed E-state index contributed by atoms with van der Waals surface area (Å²) in [4.78, 5) is 0. The Morgan fingerprint density at radius 3 is 2.38 bits per heavy atom. The largest absolute Gasteiger partial charge is 0.323 e. The van der Waals surface area contributed by atoms with E-state index in [9.17, 15) is 0 Å². The molecule has 3 nitrogen and oxygen atoms in total. The van der Waals surface area contributed by atoms with Gasteiger partial charge in [0.15, 0.2) is 0 Å². The molecule has 1 unspecified atom stereocenters. The van der Waals surface area contributed by atoms with Gasteiger partial charge in [-0.05, 0) is 37.5 Å². The Morgan fingerprint density at radius 2 is 1.76 bits per heavy atom. The zero-order valence-electron chi connectivity index (χ0n) is 13.7. The lowest BCUT2D eigenvalue weighted by molar-refractivity contribution is 0.549. The number of anilines is 1. The van der Waals surface area contributed by atoms with Crippen LogP contribution in [0.4, 0.5) is 5.69 Å². The Balaban J connectivity index is 1.72. The number of hydrazine groups is 1. The summed E-state index contributed by atoms with van der Waals surface area (Å²) in [6.07, 6.45) is 9.37. The highest BCUT2D eigenvalue weighted by Crippen LogP contribution is 2.20. The van der Waals surface area contributed by atoms with Crippen LogP contribution in [0.25, 0.3) is 0 Å². The topological polar surface area (TPSA) is 41.3 Å². The lowest BCUT2D eigenvalue weighted by atomic mass is 10.0. The van der Waals surface area contributed by atoms with Gasteiger partial charge in [-0.1, -0.05) is 51.2 Å². The minimum Gasteiger partial charge on any atom is -0.323 e. The Bertz CT molecular complexity index is 411. The van der Waals surface area contributed by atoms with Gasteiger partial charge >= 0.3 is 0 Å². The monoisotopic (exact) mass is 289 g/mol. The molecule has 3 heteroatoms. The number of rotatable bonds is 8. The van der Waals surface area contributed by atoms with E-state index in [-0.39, 0.29) is 5.54 Å². The lowest BCUT2D eigenvalue weighted by Crippen LogP contribution is -2.41. The van der Waals surface area contributed by atoms with Gasteiger partial charge in [0.05, 0.1) is 12.2 Å². The summed E-state index contributed by atoms with van der Waals surface area (Å²) in [5, 5.41) is 2.16. The maximum atomic E-state index is 6.15. The van der Waals surface area contributed by atoms with Crippen molar-refractivity contribution in [3.8, 4) is 0 Å². The molecule has 1 saturated heterocycles. The molecule has 0 bridgehead atoms. The molecule has 1 heterocycles. The number of aryl methyl sites for hydroxylation is 1. The van der Waals surface area contributed by atoms with Crippen molar-refractivity contribution >= 4 is 5.69 Å². The van der Waals surface area contributed by atoms with Crippen LogP contribution in [-0.2, 0) is 6.42 Å². The SMILES string of the molecule is CCCCCCCCc1ccc(N2CC(C)(N)CN2)cc1. The fourth-order valence-corrected chi connectivity index (χ4v) is 2.88. The van der Waals surface area contributed by atoms with Crippen LogP contribution >= 0.6 is 0 Å². The van der Waals surface area contributed by atoms with Crippen molar-refractivity contribution in [1.82, 2.24) is 5.43 Å². The van der Waals surface area contributed by atoms with Gasteiger partial charge in [-0.3, -0.25) is 0 Å². The number of hydrogen-bond donors (Lipinski definition) is 2. The maximum absolute atomic E-state index is 6.15. The smallest absolute Gasteiger partial charge is 0.0535 e. The van der Waals surface area contributed by atoms with Crippen molar-refractivity contribution in [3.63, 3.8) is 0 Å². The summed E-state index contributed by atoms with van der Waals surface area (Å²) < 4.78 is 0. The summed E-state index contributed by atoms with van der Waals surface area (Å²) in [5.41, 5.74) is 12.0. The number of hydrogen-bond acceptors (Lipinski definition) is 3. The molecule has 2 rings (SSSR count). The quantitative estimate of drug-likeness (QED) is 0.718. The number of benzene rings is 1. The van der Waals surface area contributed by atoms with E-state index in [1.165, 1.54) is 56.2 Å². The van der Waals surface area contributed by atoms with Gasteiger partial charge in [0.2, 0.25) is 0 Å². The molecule has 0 aromatic heterocycles. The van der Waals surface area contributed by atoms with E-state index in [2.05, 4.69) is 48.5 Å². The van der Waals surface area contributed by atoms with Crippen LogP contribution in [-0.4, -0.2) is 18.6 Å². The van der Waals surface area contributed by atoms with Crippen molar-refractivity contribution < 1.29 is 0 Å². The highest BCUT2D eigenvalue weighted by atomic mass is 15.5. The normalized spacial score (nSPS) is 22.0. The van der Waals surface area contributed by atoms with E-state index in [0.29, 0.717) is 0 Å². The molecule has 1 atom stereocenters. The Hall–Kier alpha value is -1.06.